The zero-order valence-corrected chi connectivity index (χ0v) is 17.1. The standard InChI is InChI=1S/C23H30N2O3/c1-5-18(3)24-23(27)19(4)25(15-20-12-7-6-8-13-20)22(26)16-28-21-14-10-9-11-17(21)2/h6-14,18-19H,5,15-16H2,1-4H3,(H,24,27)/t18-,19-/m1/s1. The van der Waals surface area contributed by atoms with Crippen LogP contribution in [0.2, 0.25) is 0 Å². The smallest absolute Gasteiger partial charge is 0.261 e. The van der Waals surface area contributed by atoms with E-state index in [9.17, 15) is 9.59 Å². The zero-order chi connectivity index (χ0) is 20.5. The van der Waals surface area contributed by atoms with Gasteiger partial charge in [0.25, 0.3) is 5.91 Å². The number of benzene rings is 2. The molecular formula is C23H30N2O3. The summed E-state index contributed by atoms with van der Waals surface area (Å²) in [7, 11) is 0. The second kappa shape index (κ2) is 10.5. The van der Waals surface area contributed by atoms with E-state index in [1.54, 1.807) is 11.8 Å². The molecule has 1 N–H and O–H groups in total. The van der Waals surface area contributed by atoms with Crippen molar-refractivity contribution < 1.29 is 14.3 Å². The number of para-hydroxylation sites is 1. The lowest BCUT2D eigenvalue weighted by Gasteiger charge is -2.29. The fraction of sp³-hybridized carbons (Fsp3) is 0.391. The van der Waals surface area contributed by atoms with Crippen molar-refractivity contribution in [2.24, 2.45) is 0 Å². The summed E-state index contributed by atoms with van der Waals surface area (Å²) in [6.45, 7) is 7.90. The molecule has 0 aromatic heterocycles. The van der Waals surface area contributed by atoms with Crippen LogP contribution in [0, 0.1) is 6.92 Å². The molecule has 2 rings (SSSR count). The van der Waals surface area contributed by atoms with E-state index in [2.05, 4.69) is 5.32 Å². The second-order valence-electron chi connectivity index (χ2n) is 7.06. The van der Waals surface area contributed by atoms with Gasteiger partial charge < -0.3 is 15.0 Å². The summed E-state index contributed by atoms with van der Waals surface area (Å²) in [6, 6.07) is 16.7. The summed E-state index contributed by atoms with van der Waals surface area (Å²) in [4.78, 5) is 27.2. The Kier molecular flexibility index (Phi) is 8.05. The number of hydrogen-bond donors (Lipinski definition) is 1. The Morgan fingerprint density at radius 2 is 1.68 bits per heavy atom. The van der Waals surface area contributed by atoms with E-state index in [1.165, 1.54) is 0 Å². The molecular weight excluding hydrogens is 352 g/mol. The summed E-state index contributed by atoms with van der Waals surface area (Å²) >= 11 is 0. The van der Waals surface area contributed by atoms with Crippen LogP contribution in [0.15, 0.2) is 54.6 Å². The van der Waals surface area contributed by atoms with Crippen molar-refractivity contribution in [1.29, 1.82) is 0 Å². The molecule has 0 radical (unpaired) electrons. The van der Waals surface area contributed by atoms with Crippen molar-refractivity contribution in [2.75, 3.05) is 6.61 Å². The van der Waals surface area contributed by atoms with Crippen molar-refractivity contribution in [3.05, 3.63) is 65.7 Å². The van der Waals surface area contributed by atoms with Gasteiger partial charge in [-0.1, -0.05) is 55.5 Å². The number of nitrogens with one attached hydrogen (secondary N) is 1. The summed E-state index contributed by atoms with van der Waals surface area (Å²) in [6.07, 6.45) is 0.835. The maximum Gasteiger partial charge on any atom is 0.261 e. The van der Waals surface area contributed by atoms with Crippen molar-refractivity contribution in [2.45, 2.75) is 52.7 Å². The maximum atomic E-state index is 13.0. The number of carbonyl (C=O) groups excluding carboxylic acids is 2. The summed E-state index contributed by atoms with van der Waals surface area (Å²) in [5, 5.41) is 2.96. The summed E-state index contributed by atoms with van der Waals surface area (Å²) in [5.41, 5.74) is 1.93. The topological polar surface area (TPSA) is 58.6 Å². The van der Waals surface area contributed by atoms with Crippen LogP contribution in [0.4, 0.5) is 0 Å². The molecule has 0 heterocycles. The molecule has 0 saturated heterocycles. The largest absolute Gasteiger partial charge is 0.484 e. The van der Waals surface area contributed by atoms with E-state index in [0.29, 0.717) is 12.3 Å². The molecule has 0 bridgehead atoms. The highest BCUT2D eigenvalue weighted by atomic mass is 16.5. The quantitative estimate of drug-likeness (QED) is 0.719. The number of rotatable bonds is 9. The van der Waals surface area contributed by atoms with E-state index in [-0.39, 0.29) is 24.5 Å². The molecule has 5 nitrogen and oxygen atoms in total. The van der Waals surface area contributed by atoms with Crippen molar-refractivity contribution in [3.63, 3.8) is 0 Å². The van der Waals surface area contributed by atoms with E-state index in [0.717, 1.165) is 17.5 Å². The number of nitrogens with zero attached hydrogens (tertiary/aromatic N) is 1. The Balaban J connectivity index is 2.13. The molecule has 0 aliphatic carbocycles. The van der Waals surface area contributed by atoms with Gasteiger partial charge in [0.15, 0.2) is 6.61 Å². The van der Waals surface area contributed by atoms with Crippen LogP contribution in [-0.4, -0.2) is 35.4 Å². The first-order valence-corrected chi connectivity index (χ1v) is 9.74. The second-order valence-corrected chi connectivity index (χ2v) is 7.06. The minimum Gasteiger partial charge on any atom is -0.484 e. The van der Waals surface area contributed by atoms with Crippen molar-refractivity contribution in [1.82, 2.24) is 10.2 Å². The molecule has 0 aliphatic rings. The molecule has 0 unspecified atom stereocenters. The van der Waals surface area contributed by atoms with Gasteiger partial charge >= 0.3 is 0 Å². The highest BCUT2D eigenvalue weighted by Gasteiger charge is 2.27. The van der Waals surface area contributed by atoms with Gasteiger partial charge in [0.1, 0.15) is 11.8 Å². The molecule has 2 atom stereocenters. The van der Waals surface area contributed by atoms with Gasteiger partial charge in [0, 0.05) is 12.6 Å². The molecule has 5 heteroatoms. The SMILES string of the molecule is CC[C@@H](C)NC(=O)[C@@H](C)N(Cc1ccccc1)C(=O)COc1ccccc1C. The molecule has 2 aromatic carbocycles. The molecule has 2 amide bonds. The predicted molar refractivity (Wildman–Crippen MR) is 111 cm³/mol. The van der Waals surface area contributed by atoms with E-state index in [1.807, 2.05) is 75.4 Å². The van der Waals surface area contributed by atoms with Crippen LogP contribution in [0.1, 0.15) is 38.3 Å². The third-order valence-electron chi connectivity index (χ3n) is 4.81. The minimum absolute atomic E-state index is 0.0619. The first kappa shape index (κ1) is 21.5. The third-order valence-corrected chi connectivity index (χ3v) is 4.81. The lowest BCUT2D eigenvalue weighted by Crippen LogP contribution is -2.50. The number of amides is 2. The highest BCUT2D eigenvalue weighted by Crippen LogP contribution is 2.17. The lowest BCUT2D eigenvalue weighted by molar-refractivity contribution is -0.142. The van der Waals surface area contributed by atoms with Crippen LogP contribution in [0.25, 0.3) is 0 Å². The molecule has 0 saturated carbocycles. The molecule has 0 spiro atoms. The number of carbonyl (C=O) groups is 2. The van der Waals surface area contributed by atoms with Gasteiger partial charge in [-0.05, 0) is 44.4 Å². The Labute approximate surface area is 167 Å². The van der Waals surface area contributed by atoms with Gasteiger partial charge in [0.05, 0.1) is 0 Å². The molecule has 150 valence electrons. The number of hydrogen-bond acceptors (Lipinski definition) is 3. The zero-order valence-electron chi connectivity index (χ0n) is 17.1. The third kappa shape index (κ3) is 6.12. The van der Waals surface area contributed by atoms with E-state index >= 15 is 0 Å². The van der Waals surface area contributed by atoms with Crippen LogP contribution in [0.5, 0.6) is 5.75 Å². The van der Waals surface area contributed by atoms with E-state index in [4.69, 9.17) is 4.74 Å². The first-order valence-electron chi connectivity index (χ1n) is 9.74. The highest BCUT2D eigenvalue weighted by molar-refractivity contribution is 5.88. The van der Waals surface area contributed by atoms with Crippen LogP contribution in [0.3, 0.4) is 0 Å². The average molecular weight is 383 g/mol. The number of aryl methyl sites for hydroxylation is 1. The van der Waals surface area contributed by atoms with Gasteiger partial charge in [-0.15, -0.1) is 0 Å². The summed E-state index contributed by atoms with van der Waals surface area (Å²) in [5.74, 6) is 0.292. The van der Waals surface area contributed by atoms with Crippen molar-refractivity contribution >= 4 is 11.8 Å². The van der Waals surface area contributed by atoms with Crippen molar-refractivity contribution in [3.8, 4) is 5.75 Å². The Hall–Kier alpha value is -2.82. The van der Waals surface area contributed by atoms with Crippen LogP contribution in [-0.2, 0) is 16.1 Å². The van der Waals surface area contributed by atoms with Crippen LogP contribution < -0.4 is 10.1 Å². The Morgan fingerprint density at radius 1 is 1.04 bits per heavy atom. The monoisotopic (exact) mass is 382 g/mol. The minimum atomic E-state index is -0.595. The van der Waals surface area contributed by atoms with Gasteiger partial charge in [0.2, 0.25) is 5.91 Å². The fourth-order valence-corrected chi connectivity index (χ4v) is 2.77. The molecule has 28 heavy (non-hydrogen) atoms. The molecule has 0 fully saturated rings. The normalized spacial score (nSPS) is 12.7. The van der Waals surface area contributed by atoms with Gasteiger partial charge in [-0.25, -0.2) is 0 Å². The van der Waals surface area contributed by atoms with E-state index < -0.39 is 6.04 Å². The average Bonchev–Trinajstić information content (AvgIpc) is 2.71. The first-order chi connectivity index (χ1) is 13.4. The Bertz CT molecular complexity index is 776. The number of ether oxygens (including phenoxy) is 1. The Morgan fingerprint density at radius 3 is 2.32 bits per heavy atom. The fourth-order valence-electron chi connectivity index (χ4n) is 2.77. The summed E-state index contributed by atoms with van der Waals surface area (Å²) < 4.78 is 5.73. The molecule has 2 aromatic rings. The van der Waals surface area contributed by atoms with Crippen LogP contribution >= 0.6 is 0 Å². The molecule has 0 aliphatic heterocycles. The van der Waals surface area contributed by atoms with Gasteiger partial charge in [-0.3, -0.25) is 9.59 Å². The lowest BCUT2D eigenvalue weighted by atomic mass is 10.1. The van der Waals surface area contributed by atoms with Gasteiger partial charge in [-0.2, -0.15) is 0 Å². The predicted octanol–water partition coefficient (Wildman–Crippen LogP) is 3.71. The maximum absolute atomic E-state index is 13.0.